The number of aromatic nitrogens is 3. The van der Waals surface area contributed by atoms with E-state index in [9.17, 15) is 4.39 Å². The van der Waals surface area contributed by atoms with E-state index in [-0.39, 0.29) is 5.82 Å². The topological polar surface area (TPSA) is 30.7 Å². The van der Waals surface area contributed by atoms with Crippen LogP contribution in [0.25, 0.3) is 11.0 Å². The van der Waals surface area contributed by atoms with E-state index in [1.54, 1.807) is 6.07 Å². The molecule has 0 radical (unpaired) electrons. The maximum absolute atomic E-state index is 13.2. The first-order valence-corrected chi connectivity index (χ1v) is 5.75. The van der Waals surface area contributed by atoms with Crippen molar-refractivity contribution in [1.82, 2.24) is 15.0 Å². The molecular formula is C10H9BrFN3. The van der Waals surface area contributed by atoms with Crippen LogP contribution in [0.2, 0.25) is 0 Å². The third-order valence-corrected chi connectivity index (χ3v) is 3.54. The molecule has 0 spiro atoms. The smallest absolute Gasteiger partial charge is 0.139 e. The van der Waals surface area contributed by atoms with Crippen LogP contribution in [-0.4, -0.2) is 15.0 Å². The zero-order valence-corrected chi connectivity index (χ0v) is 9.54. The van der Waals surface area contributed by atoms with Gasteiger partial charge in [-0.15, -0.1) is 5.10 Å². The van der Waals surface area contributed by atoms with Crippen molar-refractivity contribution in [1.29, 1.82) is 0 Å². The summed E-state index contributed by atoms with van der Waals surface area (Å²) in [6, 6.07) is 3.62. The van der Waals surface area contributed by atoms with Gasteiger partial charge in [0, 0.05) is 6.07 Å². The van der Waals surface area contributed by atoms with Crippen molar-refractivity contribution in [3.8, 4) is 0 Å². The van der Waals surface area contributed by atoms with E-state index in [1.165, 1.54) is 12.5 Å². The molecule has 0 N–H and O–H groups in total. The summed E-state index contributed by atoms with van der Waals surface area (Å²) in [5.74, 6) is -0.289. The molecule has 78 valence electrons. The summed E-state index contributed by atoms with van der Waals surface area (Å²) in [5.41, 5.74) is 1.54. The third-order valence-electron chi connectivity index (χ3n) is 2.93. The summed E-state index contributed by atoms with van der Waals surface area (Å²) in [6.07, 6.45) is 3.54. The molecule has 1 aromatic carbocycles. The first-order chi connectivity index (χ1) is 7.25. The van der Waals surface area contributed by atoms with Crippen molar-refractivity contribution in [2.24, 2.45) is 0 Å². The molecule has 1 aromatic heterocycles. The van der Waals surface area contributed by atoms with E-state index in [2.05, 4.69) is 26.2 Å². The Morgan fingerprint density at radius 2 is 2.20 bits per heavy atom. The molecule has 1 saturated carbocycles. The van der Waals surface area contributed by atoms with Crippen LogP contribution >= 0.6 is 15.9 Å². The van der Waals surface area contributed by atoms with Gasteiger partial charge < -0.3 is 0 Å². The van der Waals surface area contributed by atoms with Gasteiger partial charge in [-0.2, -0.15) is 0 Å². The van der Waals surface area contributed by atoms with Gasteiger partial charge in [-0.1, -0.05) is 5.21 Å². The average molecular weight is 270 g/mol. The molecule has 0 unspecified atom stereocenters. The molecule has 1 aliphatic rings. The molecule has 15 heavy (non-hydrogen) atoms. The molecular weight excluding hydrogens is 261 g/mol. The average Bonchev–Trinajstić information content (AvgIpc) is 2.48. The first-order valence-electron chi connectivity index (χ1n) is 4.95. The van der Waals surface area contributed by atoms with E-state index in [0.29, 0.717) is 16.0 Å². The number of nitrogens with zero attached hydrogens (tertiary/aromatic N) is 3. The van der Waals surface area contributed by atoms with Gasteiger partial charge in [-0.3, -0.25) is 0 Å². The molecule has 0 aliphatic heterocycles. The zero-order valence-electron chi connectivity index (χ0n) is 7.95. The van der Waals surface area contributed by atoms with Crippen LogP contribution in [0.4, 0.5) is 4.39 Å². The quantitative estimate of drug-likeness (QED) is 0.797. The van der Waals surface area contributed by atoms with Crippen molar-refractivity contribution >= 4 is 27.0 Å². The minimum Gasteiger partial charge on any atom is -0.242 e. The van der Waals surface area contributed by atoms with Crippen LogP contribution in [0, 0.1) is 5.82 Å². The lowest BCUT2D eigenvalue weighted by Crippen LogP contribution is -2.18. The van der Waals surface area contributed by atoms with Crippen LogP contribution < -0.4 is 0 Å². The van der Waals surface area contributed by atoms with Gasteiger partial charge in [0.1, 0.15) is 11.3 Å². The van der Waals surface area contributed by atoms with Crippen molar-refractivity contribution in [2.45, 2.75) is 25.3 Å². The maximum atomic E-state index is 13.2. The number of fused-ring (bicyclic) bond motifs is 1. The van der Waals surface area contributed by atoms with Crippen LogP contribution in [-0.2, 0) is 0 Å². The Balaban J connectivity index is 2.19. The second-order valence-corrected chi connectivity index (χ2v) is 4.73. The van der Waals surface area contributed by atoms with E-state index in [0.717, 1.165) is 18.4 Å². The van der Waals surface area contributed by atoms with Gasteiger partial charge in [-0.05, 0) is 41.3 Å². The SMILES string of the molecule is Fc1cc2nnn(C3CCC3)c2cc1Br. The normalized spacial score (nSPS) is 16.9. The van der Waals surface area contributed by atoms with E-state index in [4.69, 9.17) is 0 Å². The van der Waals surface area contributed by atoms with Gasteiger partial charge in [0.15, 0.2) is 0 Å². The fraction of sp³-hybridized carbons (Fsp3) is 0.400. The predicted molar refractivity (Wildman–Crippen MR) is 58.1 cm³/mol. The molecule has 0 saturated heterocycles. The molecule has 1 heterocycles. The fourth-order valence-corrected chi connectivity index (χ4v) is 2.17. The highest BCUT2D eigenvalue weighted by molar-refractivity contribution is 9.10. The fourth-order valence-electron chi connectivity index (χ4n) is 1.83. The highest BCUT2D eigenvalue weighted by Crippen LogP contribution is 2.33. The van der Waals surface area contributed by atoms with Gasteiger partial charge in [-0.25, -0.2) is 9.07 Å². The van der Waals surface area contributed by atoms with E-state index in [1.807, 2.05) is 4.68 Å². The molecule has 3 nitrogen and oxygen atoms in total. The third kappa shape index (κ3) is 1.37. The summed E-state index contributed by atoms with van der Waals surface area (Å²) < 4.78 is 15.6. The van der Waals surface area contributed by atoms with Gasteiger partial charge in [0.25, 0.3) is 0 Å². The summed E-state index contributed by atoms with van der Waals surface area (Å²) >= 11 is 3.18. The molecule has 5 heteroatoms. The lowest BCUT2D eigenvalue weighted by atomic mass is 9.93. The Hall–Kier alpha value is -0.970. The summed E-state index contributed by atoms with van der Waals surface area (Å²) in [5, 5.41) is 8.05. The van der Waals surface area contributed by atoms with Gasteiger partial charge in [0.05, 0.1) is 16.0 Å². The summed E-state index contributed by atoms with van der Waals surface area (Å²) in [4.78, 5) is 0. The Morgan fingerprint density at radius 3 is 2.87 bits per heavy atom. The Bertz CT molecular complexity index is 519. The van der Waals surface area contributed by atoms with Crippen molar-refractivity contribution in [3.05, 3.63) is 22.4 Å². The molecule has 0 amide bonds. The summed E-state index contributed by atoms with van der Waals surface area (Å²) in [6.45, 7) is 0. The zero-order chi connectivity index (χ0) is 10.4. The van der Waals surface area contributed by atoms with Crippen LogP contribution in [0.3, 0.4) is 0 Å². The largest absolute Gasteiger partial charge is 0.242 e. The van der Waals surface area contributed by atoms with Crippen molar-refractivity contribution < 1.29 is 4.39 Å². The lowest BCUT2D eigenvalue weighted by Gasteiger charge is -2.25. The maximum Gasteiger partial charge on any atom is 0.139 e. The Morgan fingerprint density at radius 1 is 1.40 bits per heavy atom. The van der Waals surface area contributed by atoms with Crippen molar-refractivity contribution in [3.63, 3.8) is 0 Å². The second kappa shape index (κ2) is 3.27. The molecule has 0 atom stereocenters. The highest BCUT2D eigenvalue weighted by atomic mass is 79.9. The van der Waals surface area contributed by atoms with Gasteiger partial charge >= 0.3 is 0 Å². The number of halogens is 2. The van der Waals surface area contributed by atoms with Crippen LogP contribution in [0.1, 0.15) is 25.3 Å². The second-order valence-electron chi connectivity index (χ2n) is 3.87. The Kier molecular flexibility index (Phi) is 2.02. The lowest BCUT2D eigenvalue weighted by molar-refractivity contribution is 0.292. The molecule has 3 rings (SSSR count). The predicted octanol–water partition coefficient (Wildman–Crippen LogP) is 3.06. The number of hydrogen-bond donors (Lipinski definition) is 0. The van der Waals surface area contributed by atoms with Crippen molar-refractivity contribution in [2.75, 3.05) is 0 Å². The number of rotatable bonds is 1. The van der Waals surface area contributed by atoms with E-state index >= 15 is 0 Å². The monoisotopic (exact) mass is 269 g/mol. The standard InChI is InChI=1S/C10H9BrFN3/c11-7-4-10-9(5-8(7)12)13-14-15(10)6-2-1-3-6/h4-6H,1-3H2. The molecule has 1 fully saturated rings. The molecule has 2 aromatic rings. The number of hydrogen-bond acceptors (Lipinski definition) is 2. The Labute approximate surface area is 94.4 Å². The summed E-state index contributed by atoms with van der Waals surface area (Å²) in [7, 11) is 0. The van der Waals surface area contributed by atoms with Crippen LogP contribution in [0.15, 0.2) is 16.6 Å². The van der Waals surface area contributed by atoms with Crippen LogP contribution in [0.5, 0.6) is 0 Å². The minimum atomic E-state index is -0.289. The minimum absolute atomic E-state index is 0.289. The van der Waals surface area contributed by atoms with Gasteiger partial charge in [0.2, 0.25) is 0 Å². The highest BCUT2D eigenvalue weighted by Gasteiger charge is 2.22. The molecule has 1 aliphatic carbocycles. The number of benzene rings is 1. The first kappa shape index (κ1) is 9.27. The van der Waals surface area contributed by atoms with E-state index < -0.39 is 0 Å². The molecule has 0 bridgehead atoms.